The fourth-order valence-corrected chi connectivity index (χ4v) is 9.72. The Bertz CT molecular complexity index is 1750. The molecule has 3 N–H and O–H groups in total. The van der Waals surface area contributed by atoms with Crippen LogP contribution >= 0.6 is 11.3 Å². The first-order valence-electron chi connectivity index (χ1n) is 16.5. The summed E-state index contributed by atoms with van der Waals surface area (Å²) in [4.78, 5) is 17.9. The quantitative estimate of drug-likeness (QED) is 0.232. The van der Waals surface area contributed by atoms with Crippen LogP contribution in [-0.2, 0) is 30.7 Å². The van der Waals surface area contributed by atoms with E-state index in [1.54, 1.807) is 12.1 Å². The van der Waals surface area contributed by atoms with Crippen LogP contribution in [0.3, 0.4) is 0 Å². The van der Waals surface area contributed by atoms with Gasteiger partial charge in [-0.25, -0.2) is 27.0 Å². The average Bonchev–Trinajstić information content (AvgIpc) is 3.42. The third-order valence-electron chi connectivity index (χ3n) is 9.45. The monoisotopic (exact) mass is 706 g/mol. The van der Waals surface area contributed by atoms with Crippen LogP contribution in [0.5, 0.6) is 0 Å². The van der Waals surface area contributed by atoms with Crippen molar-refractivity contribution in [2.45, 2.75) is 87.5 Å². The van der Waals surface area contributed by atoms with Gasteiger partial charge in [0.15, 0.2) is 11.4 Å². The van der Waals surface area contributed by atoms with E-state index in [4.69, 9.17) is 14.2 Å². The number of aromatic nitrogens is 1. The molecule has 0 radical (unpaired) electrons. The maximum Gasteiger partial charge on any atom is 0.407 e. The number of alkyl carbamates (subject to hydrolysis) is 1. The number of hydrogen-bond acceptors (Lipinski definition) is 10. The Labute approximate surface area is 282 Å². The molecule has 11 nitrogen and oxygen atoms in total. The van der Waals surface area contributed by atoms with Crippen LogP contribution in [0.1, 0.15) is 45.1 Å². The minimum Gasteiger partial charge on any atom is -0.446 e. The van der Waals surface area contributed by atoms with Gasteiger partial charge in [0.1, 0.15) is 17.7 Å². The standard InChI is InChI=1S/C33H40F2N4O7S2/c1-17(2)14-39(48(42,43)23-5-6-26-30(13-23)47-32(37-26)36-21-3-4-21)15-28(40)27(9-18-7-19(34)10-20(35)8-18)38-33(41)46-29-12-22-11-24-25(29)16-44-31(24)45-22/h5-8,10,13,17,21-22,24-25,27-29,31,40H,3-4,9,11-12,14-16H2,1-2H3,(H,36,37)(H,38,41)/t22-,24+,25+,27+,28-,29-,31+/m1/s1. The molecule has 3 heterocycles. The molecule has 260 valence electrons. The molecule has 2 aliphatic heterocycles. The van der Waals surface area contributed by atoms with Gasteiger partial charge in [-0.3, -0.25) is 0 Å². The van der Waals surface area contributed by atoms with E-state index in [2.05, 4.69) is 15.6 Å². The number of benzene rings is 2. The van der Waals surface area contributed by atoms with Gasteiger partial charge in [0.25, 0.3) is 0 Å². The van der Waals surface area contributed by atoms with Crippen LogP contribution in [0.2, 0.25) is 0 Å². The number of thiazole rings is 1. The Balaban J connectivity index is 1.11. The third kappa shape index (κ3) is 7.31. The molecule has 2 saturated carbocycles. The average molecular weight is 707 g/mol. The van der Waals surface area contributed by atoms with Gasteiger partial charge in [0.2, 0.25) is 10.0 Å². The second-order valence-electron chi connectivity index (χ2n) is 13.8. The number of ether oxygens (including phenoxy) is 3. The predicted molar refractivity (Wildman–Crippen MR) is 174 cm³/mol. The zero-order valence-corrected chi connectivity index (χ0v) is 28.3. The lowest BCUT2D eigenvalue weighted by Crippen LogP contribution is -2.52. The number of aliphatic hydroxyl groups excluding tert-OH is 1. The highest BCUT2D eigenvalue weighted by Gasteiger charge is 2.54. The number of nitrogens with one attached hydrogen (secondary N) is 2. The highest BCUT2D eigenvalue weighted by atomic mass is 32.2. The van der Waals surface area contributed by atoms with E-state index in [0.717, 1.165) is 42.6 Å². The molecule has 2 aromatic carbocycles. The number of rotatable bonds is 13. The number of anilines is 1. The molecule has 7 atom stereocenters. The van der Waals surface area contributed by atoms with Gasteiger partial charge in [-0.15, -0.1) is 0 Å². The smallest absolute Gasteiger partial charge is 0.407 e. The molecule has 2 saturated heterocycles. The van der Waals surface area contributed by atoms with E-state index in [9.17, 15) is 27.1 Å². The Morgan fingerprint density at radius 3 is 2.62 bits per heavy atom. The largest absolute Gasteiger partial charge is 0.446 e. The SMILES string of the molecule is CC(C)CN(C[C@@H](O)[C@H](Cc1cc(F)cc(F)c1)NC(=O)O[C@@H]1C[C@H]2C[C@@H]3[C@@H](OC[C@@H]31)O2)S(=O)(=O)c1ccc2nc(NC3CC3)sc2c1. The van der Waals surface area contributed by atoms with Crippen LogP contribution in [0.25, 0.3) is 10.2 Å². The molecule has 0 spiro atoms. The molecule has 3 aromatic rings. The van der Waals surface area contributed by atoms with Crippen LogP contribution in [0.4, 0.5) is 18.7 Å². The Kier molecular flexibility index (Phi) is 9.36. The number of hydrogen-bond donors (Lipinski definition) is 3. The van der Waals surface area contributed by atoms with Crippen molar-refractivity contribution in [1.82, 2.24) is 14.6 Å². The summed E-state index contributed by atoms with van der Waals surface area (Å²) < 4.78 is 75.8. The molecule has 15 heteroatoms. The molecular formula is C33H40F2N4O7S2. The third-order valence-corrected chi connectivity index (χ3v) is 12.2. The van der Waals surface area contributed by atoms with Crippen molar-refractivity contribution in [2.75, 3.05) is 25.0 Å². The molecule has 4 aliphatic rings. The van der Waals surface area contributed by atoms with Gasteiger partial charge in [0, 0.05) is 43.5 Å². The van der Waals surface area contributed by atoms with Crippen LogP contribution in [0.15, 0.2) is 41.3 Å². The van der Waals surface area contributed by atoms with Crippen molar-refractivity contribution in [3.05, 3.63) is 53.6 Å². The van der Waals surface area contributed by atoms with Gasteiger partial charge >= 0.3 is 6.09 Å². The molecule has 2 bridgehead atoms. The summed E-state index contributed by atoms with van der Waals surface area (Å²) >= 11 is 1.38. The highest BCUT2D eigenvalue weighted by Crippen LogP contribution is 2.47. The van der Waals surface area contributed by atoms with Gasteiger partial charge in [-0.05, 0) is 67.5 Å². The fraction of sp³-hybridized carbons (Fsp3) is 0.576. The first kappa shape index (κ1) is 33.5. The number of carbonyl (C=O) groups excluding carboxylic acids is 1. The summed E-state index contributed by atoms with van der Waals surface area (Å²) in [5.41, 5.74) is 0.859. The zero-order chi connectivity index (χ0) is 33.7. The molecular weight excluding hydrogens is 667 g/mol. The normalized spacial score (nSPS) is 26.3. The van der Waals surface area contributed by atoms with Crippen molar-refractivity contribution in [1.29, 1.82) is 0 Å². The molecule has 0 unspecified atom stereocenters. The fourth-order valence-electron chi connectivity index (χ4n) is 7.02. The zero-order valence-electron chi connectivity index (χ0n) is 26.7. The van der Waals surface area contributed by atoms with Crippen molar-refractivity contribution >= 4 is 42.8 Å². The van der Waals surface area contributed by atoms with E-state index in [1.807, 2.05) is 13.8 Å². The van der Waals surface area contributed by atoms with Crippen LogP contribution in [0, 0.1) is 29.4 Å². The Hall–Kier alpha value is -2.95. The minimum atomic E-state index is -4.13. The van der Waals surface area contributed by atoms with Crippen molar-refractivity contribution in [2.24, 2.45) is 17.8 Å². The molecule has 1 aromatic heterocycles. The number of nitrogens with zero attached hydrogens (tertiary/aromatic N) is 2. The van der Waals surface area contributed by atoms with Crippen LogP contribution in [-0.4, -0.2) is 85.3 Å². The number of aliphatic hydroxyl groups is 1. The summed E-state index contributed by atoms with van der Waals surface area (Å²) in [6.45, 7) is 3.81. The topological polar surface area (TPSA) is 139 Å². The Morgan fingerprint density at radius 1 is 1.12 bits per heavy atom. The Morgan fingerprint density at radius 2 is 1.90 bits per heavy atom. The number of carbonyl (C=O) groups is 1. The summed E-state index contributed by atoms with van der Waals surface area (Å²) in [6, 6.07) is 6.96. The number of fused-ring (bicyclic) bond motifs is 2. The van der Waals surface area contributed by atoms with E-state index in [-0.39, 0.29) is 53.6 Å². The summed E-state index contributed by atoms with van der Waals surface area (Å²) in [5, 5.41) is 18.4. The molecule has 1 amide bonds. The van der Waals surface area contributed by atoms with Gasteiger partial charge in [0.05, 0.1) is 40.0 Å². The first-order valence-corrected chi connectivity index (χ1v) is 18.7. The van der Waals surface area contributed by atoms with E-state index >= 15 is 0 Å². The summed E-state index contributed by atoms with van der Waals surface area (Å²) in [6.07, 6.45) is 0.206. The second-order valence-corrected chi connectivity index (χ2v) is 16.8. The van der Waals surface area contributed by atoms with E-state index in [0.29, 0.717) is 29.3 Å². The predicted octanol–water partition coefficient (Wildman–Crippen LogP) is 4.64. The minimum absolute atomic E-state index is 0.0247. The van der Waals surface area contributed by atoms with E-state index < -0.39 is 52.5 Å². The number of halogens is 2. The summed E-state index contributed by atoms with van der Waals surface area (Å²) in [5.74, 6) is -1.62. The highest BCUT2D eigenvalue weighted by molar-refractivity contribution is 7.89. The lowest BCUT2D eigenvalue weighted by atomic mass is 9.79. The molecule has 4 fully saturated rings. The molecule has 7 rings (SSSR count). The summed E-state index contributed by atoms with van der Waals surface area (Å²) in [7, 11) is -4.13. The lowest BCUT2D eigenvalue weighted by Gasteiger charge is -2.33. The molecule has 2 aliphatic carbocycles. The van der Waals surface area contributed by atoms with E-state index in [1.165, 1.54) is 21.7 Å². The first-order chi connectivity index (χ1) is 22.9. The number of sulfonamides is 1. The van der Waals surface area contributed by atoms with Crippen LogP contribution < -0.4 is 10.6 Å². The lowest BCUT2D eigenvalue weighted by molar-refractivity contribution is -0.130. The van der Waals surface area contributed by atoms with Gasteiger partial charge in [-0.1, -0.05) is 25.2 Å². The number of amides is 1. The second kappa shape index (κ2) is 13.4. The maximum atomic E-state index is 14.2. The van der Waals surface area contributed by atoms with Gasteiger partial charge in [-0.2, -0.15) is 4.31 Å². The maximum absolute atomic E-state index is 14.2. The van der Waals surface area contributed by atoms with Crippen molar-refractivity contribution in [3.8, 4) is 0 Å². The molecule has 48 heavy (non-hydrogen) atoms. The van der Waals surface area contributed by atoms with Crippen molar-refractivity contribution < 1.29 is 41.3 Å². The van der Waals surface area contributed by atoms with Crippen molar-refractivity contribution in [3.63, 3.8) is 0 Å². The van der Waals surface area contributed by atoms with Gasteiger partial charge < -0.3 is 30.0 Å².